The van der Waals surface area contributed by atoms with E-state index in [9.17, 15) is 4.79 Å². The number of nitrogens with two attached hydrogens (primary N) is 1. The molecule has 0 unspecified atom stereocenters. The summed E-state index contributed by atoms with van der Waals surface area (Å²) in [5, 5.41) is 0. The van der Waals surface area contributed by atoms with E-state index in [-0.39, 0.29) is 5.91 Å². The summed E-state index contributed by atoms with van der Waals surface area (Å²) in [4.78, 5) is 19.7. The third kappa shape index (κ3) is 4.88. The highest BCUT2D eigenvalue weighted by Gasteiger charge is 2.28. The summed E-state index contributed by atoms with van der Waals surface area (Å²) in [5.74, 6) is 2.60. The van der Waals surface area contributed by atoms with Gasteiger partial charge >= 0.3 is 0 Å². The van der Waals surface area contributed by atoms with Crippen molar-refractivity contribution in [3.8, 4) is 11.5 Å². The van der Waals surface area contributed by atoms with Crippen molar-refractivity contribution in [1.82, 2.24) is 9.88 Å². The van der Waals surface area contributed by atoms with E-state index in [4.69, 9.17) is 19.6 Å². The molecule has 1 aliphatic heterocycles. The number of hydrogen-bond acceptors (Lipinski definition) is 6. The van der Waals surface area contributed by atoms with E-state index < -0.39 is 0 Å². The van der Waals surface area contributed by atoms with Crippen molar-refractivity contribution in [3.63, 3.8) is 0 Å². The van der Waals surface area contributed by atoms with Crippen LogP contribution in [0.5, 0.6) is 11.5 Å². The maximum absolute atomic E-state index is 13.2. The van der Waals surface area contributed by atoms with Gasteiger partial charge in [0.25, 0.3) is 5.91 Å². The van der Waals surface area contributed by atoms with Crippen LogP contribution < -0.4 is 15.2 Å². The predicted octanol–water partition coefficient (Wildman–Crippen LogP) is 3.00. The topological polar surface area (TPSA) is 90.8 Å². The highest BCUT2D eigenvalue weighted by Crippen LogP contribution is 2.28. The van der Waals surface area contributed by atoms with E-state index in [2.05, 4.69) is 17.1 Å². The van der Waals surface area contributed by atoms with E-state index in [0.717, 1.165) is 30.2 Å². The van der Waals surface area contributed by atoms with Gasteiger partial charge in [-0.2, -0.15) is 0 Å². The molecule has 1 amide bonds. The molecule has 0 bridgehead atoms. The number of carbonyl (C=O) groups is 1. The molecule has 0 fully saturated rings. The number of rotatable bonds is 8. The number of amides is 1. The fraction of sp³-hybridized carbons (Fsp3) is 0.333. The van der Waals surface area contributed by atoms with Gasteiger partial charge in [-0.1, -0.05) is 30.3 Å². The highest BCUT2D eigenvalue weighted by molar-refractivity contribution is 5.97. The van der Waals surface area contributed by atoms with Crippen molar-refractivity contribution in [1.29, 1.82) is 0 Å². The zero-order valence-corrected chi connectivity index (χ0v) is 17.7. The first kappa shape index (κ1) is 20.9. The van der Waals surface area contributed by atoms with Gasteiger partial charge in [0.05, 0.1) is 19.2 Å². The van der Waals surface area contributed by atoms with Crippen molar-refractivity contribution in [3.05, 3.63) is 77.0 Å². The predicted molar refractivity (Wildman–Crippen MR) is 116 cm³/mol. The summed E-state index contributed by atoms with van der Waals surface area (Å²) in [6.45, 7) is 1.68. The lowest BCUT2D eigenvalue weighted by Crippen LogP contribution is -2.36. The molecule has 4 rings (SSSR count). The average Bonchev–Trinajstić information content (AvgIpc) is 3.23. The number of carbonyl (C=O) groups excluding carboxylic acids is 1. The van der Waals surface area contributed by atoms with Crippen molar-refractivity contribution in [2.45, 2.75) is 25.8 Å². The minimum atomic E-state index is -0.103. The van der Waals surface area contributed by atoms with Gasteiger partial charge in [0.2, 0.25) is 0 Å². The number of hydrogen-bond donors (Lipinski definition) is 1. The summed E-state index contributed by atoms with van der Waals surface area (Å²) in [5.41, 5.74) is 8.14. The van der Waals surface area contributed by atoms with Crippen LogP contribution in [0.2, 0.25) is 0 Å². The van der Waals surface area contributed by atoms with Crippen molar-refractivity contribution in [2.24, 2.45) is 5.73 Å². The number of ether oxygens (including phenoxy) is 2. The largest absolute Gasteiger partial charge is 0.497 e. The number of aryl methyl sites for hydroxylation is 2. The third-order valence-corrected chi connectivity index (χ3v) is 5.32. The molecule has 1 aliphatic rings. The summed E-state index contributed by atoms with van der Waals surface area (Å²) in [7, 11) is 1.58. The van der Waals surface area contributed by atoms with Gasteiger partial charge < -0.3 is 24.5 Å². The maximum Gasteiger partial charge on any atom is 0.257 e. The molecule has 31 heavy (non-hydrogen) atoms. The second-order valence-corrected chi connectivity index (χ2v) is 7.44. The standard InChI is InChI=1S/C24H27N3O4/c1-29-18-8-9-19(22(15-18)30-14-12-25)24(28)27-13-11-21-20(16-27)26-23(31-21)10-7-17-5-3-2-4-6-17/h2-6,8-9,15H,7,10-14,16,25H2,1H3. The van der Waals surface area contributed by atoms with E-state index in [1.807, 2.05) is 18.2 Å². The van der Waals surface area contributed by atoms with Crippen LogP contribution >= 0.6 is 0 Å². The zero-order valence-electron chi connectivity index (χ0n) is 17.7. The van der Waals surface area contributed by atoms with E-state index in [0.29, 0.717) is 49.7 Å². The van der Waals surface area contributed by atoms with Gasteiger partial charge in [-0.05, 0) is 24.1 Å². The van der Waals surface area contributed by atoms with Crippen LogP contribution in [0.25, 0.3) is 0 Å². The molecular weight excluding hydrogens is 394 g/mol. The number of methoxy groups -OCH3 is 1. The quantitative estimate of drug-likeness (QED) is 0.601. The molecule has 2 N–H and O–H groups in total. The lowest BCUT2D eigenvalue weighted by Gasteiger charge is -2.26. The van der Waals surface area contributed by atoms with Gasteiger partial charge in [-0.3, -0.25) is 4.79 Å². The molecule has 0 radical (unpaired) electrons. The summed E-state index contributed by atoms with van der Waals surface area (Å²) >= 11 is 0. The Bertz CT molecular complexity index is 1030. The Balaban J connectivity index is 1.46. The molecule has 7 heteroatoms. The second-order valence-electron chi connectivity index (χ2n) is 7.44. The van der Waals surface area contributed by atoms with E-state index >= 15 is 0 Å². The molecule has 0 saturated heterocycles. The van der Waals surface area contributed by atoms with Crippen LogP contribution in [0.4, 0.5) is 0 Å². The lowest BCUT2D eigenvalue weighted by atomic mass is 10.1. The average molecular weight is 421 g/mol. The molecule has 2 heterocycles. The molecule has 1 aromatic heterocycles. The van der Waals surface area contributed by atoms with Crippen LogP contribution in [0.15, 0.2) is 52.9 Å². The summed E-state index contributed by atoms with van der Waals surface area (Å²) in [6.07, 6.45) is 2.26. The Labute approximate surface area is 181 Å². The Morgan fingerprint density at radius 2 is 2.03 bits per heavy atom. The second kappa shape index (κ2) is 9.66. The van der Waals surface area contributed by atoms with Crippen LogP contribution in [0.1, 0.15) is 33.3 Å². The fourth-order valence-corrected chi connectivity index (χ4v) is 3.69. The Morgan fingerprint density at radius 3 is 2.81 bits per heavy atom. The monoisotopic (exact) mass is 421 g/mol. The molecule has 0 spiro atoms. The van der Waals surface area contributed by atoms with Gasteiger partial charge in [0, 0.05) is 32.0 Å². The van der Waals surface area contributed by atoms with Gasteiger partial charge in [0.15, 0.2) is 5.89 Å². The van der Waals surface area contributed by atoms with Gasteiger partial charge in [0.1, 0.15) is 29.6 Å². The lowest BCUT2D eigenvalue weighted by molar-refractivity contribution is 0.0723. The van der Waals surface area contributed by atoms with Crippen LogP contribution in [-0.2, 0) is 25.8 Å². The summed E-state index contributed by atoms with van der Waals surface area (Å²) in [6, 6.07) is 15.5. The molecule has 3 aromatic rings. The first-order chi connectivity index (χ1) is 15.2. The van der Waals surface area contributed by atoms with Crippen molar-refractivity contribution >= 4 is 5.91 Å². The maximum atomic E-state index is 13.2. The SMILES string of the molecule is COc1ccc(C(=O)N2CCc3oc(CCc4ccccc4)nc3C2)c(OCCN)c1. The number of oxazole rings is 1. The normalized spacial score (nSPS) is 13.0. The van der Waals surface area contributed by atoms with Crippen molar-refractivity contribution < 1.29 is 18.7 Å². The van der Waals surface area contributed by atoms with E-state index in [1.165, 1.54) is 5.56 Å². The van der Waals surface area contributed by atoms with Gasteiger partial charge in [-0.25, -0.2) is 4.98 Å². The number of aromatic nitrogens is 1. The first-order valence-corrected chi connectivity index (χ1v) is 10.5. The highest BCUT2D eigenvalue weighted by atomic mass is 16.5. The zero-order chi connectivity index (χ0) is 21.6. The van der Waals surface area contributed by atoms with Crippen LogP contribution in [0.3, 0.4) is 0 Å². The Kier molecular flexibility index (Phi) is 6.52. The molecule has 0 atom stereocenters. The Morgan fingerprint density at radius 1 is 1.19 bits per heavy atom. The molecule has 162 valence electrons. The molecule has 7 nitrogen and oxygen atoms in total. The molecule has 0 saturated carbocycles. The number of nitrogens with zero attached hydrogens (tertiary/aromatic N) is 2. The molecule has 0 aliphatic carbocycles. The van der Waals surface area contributed by atoms with E-state index in [1.54, 1.807) is 30.2 Å². The van der Waals surface area contributed by atoms with Crippen LogP contribution in [-0.4, -0.2) is 42.6 Å². The minimum absolute atomic E-state index is 0.103. The van der Waals surface area contributed by atoms with Crippen molar-refractivity contribution in [2.75, 3.05) is 26.8 Å². The number of fused-ring (bicyclic) bond motifs is 1. The third-order valence-electron chi connectivity index (χ3n) is 5.32. The first-order valence-electron chi connectivity index (χ1n) is 10.5. The van der Waals surface area contributed by atoms with Gasteiger partial charge in [-0.15, -0.1) is 0 Å². The van der Waals surface area contributed by atoms with Crippen LogP contribution in [0, 0.1) is 0 Å². The fourth-order valence-electron chi connectivity index (χ4n) is 3.69. The number of benzene rings is 2. The smallest absolute Gasteiger partial charge is 0.257 e. The molecular formula is C24H27N3O4. The molecule has 2 aromatic carbocycles. The minimum Gasteiger partial charge on any atom is -0.497 e. The Hall–Kier alpha value is -3.32. The summed E-state index contributed by atoms with van der Waals surface area (Å²) < 4.78 is 16.9.